The van der Waals surface area contributed by atoms with Crippen LogP contribution in [0.4, 0.5) is 4.79 Å². The number of ether oxygens (including phenoxy) is 1. The van der Waals surface area contributed by atoms with E-state index in [-0.39, 0.29) is 17.5 Å². The van der Waals surface area contributed by atoms with E-state index in [2.05, 4.69) is 5.32 Å². The van der Waals surface area contributed by atoms with Gasteiger partial charge in [0, 0.05) is 18.6 Å². The van der Waals surface area contributed by atoms with Gasteiger partial charge in [0.15, 0.2) is 0 Å². The summed E-state index contributed by atoms with van der Waals surface area (Å²) in [7, 11) is 0. The Balaban J connectivity index is 1.83. The molecule has 1 aliphatic rings. The van der Waals surface area contributed by atoms with Gasteiger partial charge >= 0.3 is 6.09 Å². The third kappa shape index (κ3) is 5.55. The number of carbonyl (C=O) groups excluding carboxylic acids is 2. The van der Waals surface area contributed by atoms with Crippen LogP contribution in [0, 0.1) is 0 Å². The lowest BCUT2D eigenvalue weighted by Gasteiger charge is -2.40. The van der Waals surface area contributed by atoms with E-state index in [1.807, 2.05) is 58.0 Å². The number of hydrogen-bond acceptors (Lipinski definition) is 3. The summed E-state index contributed by atoms with van der Waals surface area (Å²) in [5, 5.41) is 3.13. The molecule has 1 aromatic carbocycles. The van der Waals surface area contributed by atoms with E-state index >= 15 is 0 Å². The maximum Gasteiger partial charge on any atom is 0.410 e. The molecule has 0 aromatic heterocycles. The predicted octanol–water partition coefficient (Wildman–Crippen LogP) is 3.13. The second kappa shape index (κ2) is 7.24. The highest BCUT2D eigenvalue weighted by Gasteiger charge is 2.34. The molecule has 132 valence electrons. The largest absolute Gasteiger partial charge is 0.444 e. The van der Waals surface area contributed by atoms with Gasteiger partial charge in [0.05, 0.1) is 6.42 Å². The molecule has 0 aliphatic carbocycles. The lowest BCUT2D eigenvalue weighted by atomic mass is 9.89. The van der Waals surface area contributed by atoms with Gasteiger partial charge in [0.1, 0.15) is 5.60 Å². The monoisotopic (exact) mass is 332 g/mol. The fourth-order valence-corrected chi connectivity index (χ4v) is 2.80. The smallest absolute Gasteiger partial charge is 0.410 e. The van der Waals surface area contributed by atoms with E-state index in [9.17, 15) is 9.59 Å². The van der Waals surface area contributed by atoms with Gasteiger partial charge in [0.2, 0.25) is 5.91 Å². The molecular weight excluding hydrogens is 304 g/mol. The molecule has 2 amide bonds. The Morgan fingerprint density at radius 1 is 1.17 bits per heavy atom. The fourth-order valence-electron chi connectivity index (χ4n) is 2.80. The molecule has 2 rings (SSSR count). The maximum absolute atomic E-state index is 12.3. The highest BCUT2D eigenvalue weighted by Crippen LogP contribution is 2.23. The van der Waals surface area contributed by atoms with E-state index in [1.54, 1.807) is 4.90 Å². The van der Waals surface area contributed by atoms with Crippen LogP contribution >= 0.6 is 0 Å². The predicted molar refractivity (Wildman–Crippen MR) is 93.7 cm³/mol. The number of piperidine rings is 1. The van der Waals surface area contributed by atoms with Crippen LogP contribution in [-0.4, -0.2) is 41.1 Å². The molecule has 1 saturated heterocycles. The van der Waals surface area contributed by atoms with Crippen LogP contribution in [0.15, 0.2) is 30.3 Å². The second-order valence-corrected chi connectivity index (χ2v) is 7.74. The Bertz CT molecular complexity index is 570. The highest BCUT2D eigenvalue weighted by molar-refractivity contribution is 5.79. The SMILES string of the molecule is CC1(NC(=O)Cc2ccccc2)CCN(C(=O)OC(C)(C)C)CC1. The number of nitrogens with one attached hydrogen (secondary N) is 1. The maximum atomic E-state index is 12.3. The number of rotatable bonds is 3. The van der Waals surface area contributed by atoms with E-state index in [0.29, 0.717) is 19.5 Å². The fraction of sp³-hybridized carbons (Fsp3) is 0.579. The molecule has 0 saturated carbocycles. The van der Waals surface area contributed by atoms with Gasteiger partial charge in [-0.3, -0.25) is 4.79 Å². The molecule has 1 heterocycles. The summed E-state index contributed by atoms with van der Waals surface area (Å²) in [5.74, 6) is 0.0226. The average Bonchev–Trinajstić information content (AvgIpc) is 2.46. The number of nitrogens with zero attached hydrogens (tertiary/aromatic N) is 1. The minimum atomic E-state index is -0.484. The second-order valence-electron chi connectivity index (χ2n) is 7.74. The minimum Gasteiger partial charge on any atom is -0.444 e. The summed E-state index contributed by atoms with van der Waals surface area (Å²) in [6.07, 6.45) is 1.56. The highest BCUT2D eigenvalue weighted by atomic mass is 16.6. The van der Waals surface area contributed by atoms with Gasteiger partial charge in [0.25, 0.3) is 0 Å². The van der Waals surface area contributed by atoms with Crippen molar-refractivity contribution in [2.45, 2.75) is 58.1 Å². The van der Waals surface area contributed by atoms with Crippen LogP contribution in [0.1, 0.15) is 46.1 Å². The Morgan fingerprint density at radius 2 is 1.75 bits per heavy atom. The molecule has 0 atom stereocenters. The molecule has 0 spiro atoms. The number of carbonyl (C=O) groups is 2. The third-order valence-corrected chi connectivity index (χ3v) is 4.17. The van der Waals surface area contributed by atoms with Crippen molar-refractivity contribution in [3.8, 4) is 0 Å². The quantitative estimate of drug-likeness (QED) is 0.925. The Hall–Kier alpha value is -2.04. The first kappa shape index (κ1) is 18.3. The van der Waals surface area contributed by atoms with E-state index in [4.69, 9.17) is 4.74 Å². The lowest BCUT2D eigenvalue weighted by Crippen LogP contribution is -2.55. The Labute approximate surface area is 144 Å². The van der Waals surface area contributed by atoms with Crippen LogP contribution < -0.4 is 5.32 Å². The zero-order chi connectivity index (χ0) is 17.8. The molecule has 0 bridgehead atoms. The normalized spacial score (nSPS) is 17.2. The van der Waals surface area contributed by atoms with Crippen molar-refractivity contribution in [1.29, 1.82) is 0 Å². The Morgan fingerprint density at radius 3 is 2.29 bits per heavy atom. The van der Waals surface area contributed by atoms with Crippen molar-refractivity contribution in [2.75, 3.05) is 13.1 Å². The first-order chi connectivity index (χ1) is 11.2. The summed E-state index contributed by atoms with van der Waals surface area (Å²) in [4.78, 5) is 26.1. The zero-order valence-electron chi connectivity index (χ0n) is 15.1. The summed E-state index contributed by atoms with van der Waals surface area (Å²) >= 11 is 0. The van der Waals surface area contributed by atoms with Gasteiger partial charge < -0.3 is 15.0 Å². The molecule has 5 heteroatoms. The summed E-state index contributed by atoms with van der Waals surface area (Å²) in [6, 6.07) is 9.71. The number of likely N-dealkylation sites (tertiary alicyclic amines) is 1. The standard InChI is InChI=1S/C19H28N2O3/c1-18(2,3)24-17(23)21-12-10-19(4,11-13-21)20-16(22)14-15-8-6-5-7-9-15/h5-9H,10-14H2,1-4H3,(H,20,22). The van der Waals surface area contributed by atoms with Crippen LogP contribution in [0.25, 0.3) is 0 Å². The van der Waals surface area contributed by atoms with Gasteiger partial charge in [-0.1, -0.05) is 30.3 Å². The van der Waals surface area contributed by atoms with E-state index < -0.39 is 5.60 Å². The summed E-state index contributed by atoms with van der Waals surface area (Å²) in [6.45, 7) is 8.82. The molecule has 0 unspecified atom stereocenters. The lowest BCUT2D eigenvalue weighted by molar-refractivity contribution is -0.122. The number of benzene rings is 1. The van der Waals surface area contributed by atoms with Crippen molar-refractivity contribution in [3.63, 3.8) is 0 Å². The van der Waals surface area contributed by atoms with Crippen molar-refractivity contribution in [3.05, 3.63) is 35.9 Å². The van der Waals surface area contributed by atoms with Gasteiger partial charge in [-0.05, 0) is 46.1 Å². The van der Waals surface area contributed by atoms with Crippen molar-refractivity contribution in [2.24, 2.45) is 0 Å². The van der Waals surface area contributed by atoms with Gasteiger partial charge in [-0.25, -0.2) is 4.79 Å². The van der Waals surface area contributed by atoms with Crippen molar-refractivity contribution >= 4 is 12.0 Å². The first-order valence-corrected chi connectivity index (χ1v) is 8.50. The minimum absolute atomic E-state index is 0.0226. The molecule has 1 N–H and O–H groups in total. The van der Waals surface area contributed by atoms with E-state index in [1.165, 1.54) is 0 Å². The van der Waals surface area contributed by atoms with Gasteiger partial charge in [-0.2, -0.15) is 0 Å². The van der Waals surface area contributed by atoms with Crippen LogP contribution in [0.5, 0.6) is 0 Å². The summed E-state index contributed by atoms with van der Waals surface area (Å²) in [5.41, 5.74) is 0.247. The molecule has 1 aromatic rings. The average molecular weight is 332 g/mol. The van der Waals surface area contributed by atoms with E-state index in [0.717, 1.165) is 18.4 Å². The topological polar surface area (TPSA) is 58.6 Å². The molecule has 24 heavy (non-hydrogen) atoms. The number of hydrogen-bond donors (Lipinski definition) is 1. The third-order valence-electron chi connectivity index (χ3n) is 4.17. The molecule has 1 fully saturated rings. The molecule has 5 nitrogen and oxygen atoms in total. The number of amides is 2. The van der Waals surface area contributed by atoms with Gasteiger partial charge in [-0.15, -0.1) is 0 Å². The molecular formula is C19H28N2O3. The molecule has 1 aliphatic heterocycles. The summed E-state index contributed by atoms with van der Waals surface area (Å²) < 4.78 is 5.41. The first-order valence-electron chi connectivity index (χ1n) is 8.50. The van der Waals surface area contributed by atoms with Crippen molar-refractivity contribution in [1.82, 2.24) is 10.2 Å². The zero-order valence-corrected chi connectivity index (χ0v) is 15.1. The Kier molecular flexibility index (Phi) is 5.52. The van der Waals surface area contributed by atoms with Crippen molar-refractivity contribution < 1.29 is 14.3 Å². The van der Waals surface area contributed by atoms with Crippen LogP contribution in [-0.2, 0) is 16.0 Å². The molecule has 0 radical (unpaired) electrons. The van der Waals surface area contributed by atoms with Crippen LogP contribution in [0.3, 0.4) is 0 Å². The van der Waals surface area contributed by atoms with Crippen LogP contribution in [0.2, 0.25) is 0 Å².